The second kappa shape index (κ2) is 8.23. The van der Waals surface area contributed by atoms with Gasteiger partial charge >= 0.3 is 5.97 Å². The highest BCUT2D eigenvalue weighted by molar-refractivity contribution is 5.88. The number of carboxylic acids is 1. The number of hydrogen-bond acceptors (Lipinski definition) is 5. The number of furan rings is 1. The molecule has 134 valence electrons. The van der Waals surface area contributed by atoms with Gasteiger partial charge in [-0.15, -0.1) is 0 Å². The molecule has 0 aliphatic heterocycles. The number of amides is 1. The predicted octanol–water partition coefficient (Wildman–Crippen LogP) is 2.55. The van der Waals surface area contributed by atoms with Crippen molar-refractivity contribution in [3.8, 4) is 11.5 Å². The lowest BCUT2D eigenvalue weighted by atomic mass is 10.1. The molecule has 2 rings (SSSR count). The standard InChI is InChI=1S/C18H21NO6/c1-11-15(18(21)22)9-14(25-11)10-19-17(20)7-4-12-8-13(23-2)5-6-16(12)24-3/h5-6,8-9H,4,7,10H2,1-3H3,(H,19,20)(H,21,22). The van der Waals surface area contributed by atoms with Gasteiger partial charge in [-0.05, 0) is 43.2 Å². The third-order valence-electron chi connectivity index (χ3n) is 3.77. The molecular weight excluding hydrogens is 326 g/mol. The average molecular weight is 347 g/mol. The molecule has 0 spiro atoms. The van der Waals surface area contributed by atoms with Crippen LogP contribution in [-0.4, -0.2) is 31.2 Å². The number of nitrogens with one attached hydrogen (secondary N) is 1. The van der Waals surface area contributed by atoms with Crippen LogP contribution in [0.2, 0.25) is 0 Å². The van der Waals surface area contributed by atoms with E-state index in [1.54, 1.807) is 33.3 Å². The Kier molecular flexibility index (Phi) is 6.05. The summed E-state index contributed by atoms with van der Waals surface area (Å²) >= 11 is 0. The van der Waals surface area contributed by atoms with Crippen LogP contribution in [0.4, 0.5) is 0 Å². The molecule has 1 amide bonds. The van der Waals surface area contributed by atoms with Gasteiger partial charge in [0.25, 0.3) is 0 Å². The van der Waals surface area contributed by atoms with E-state index in [1.807, 2.05) is 6.07 Å². The first kappa shape index (κ1) is 18.4. The van der Waals surface area contributed by atoms with Crippen molar-refractivity contribution in [3.63, 3.8) is 0 Å². The third-order valence-corrected chi connectivity index (χ3v) is 3.77. The number of carbonyl (C=O) groups is 2. The molecular formula is C18H21NO6. The summed E-state index contributed by atoms with van der Waals surface area (Å²) in [6.45, 7) is 1.71. The van der Waals surface area contributed by atoms with E-state index in [0.29, 0.717) is 29.4 Å². The Bertz CT molecular complexity index is 765. The molecule has 0 fully saturated rings. The lowest BCUT2D eigenvalue weighted by Crippen LogP contribution is -2.22. The van der Waals surface area contributed by atoms with Crippen LogP contribution in [0.25, 0.3) is 0 Å². The fraction of sp³-hybridized carbons (Fsp3) is 0.333. The van der Waals surface area contributed by atoms with Crippen molar-refractivity contribution in [2.24, 2.45) is 0 Å². The zero-order chi connectivity index (χ0) is 18.4. The molecule has 1 heterocycles. The maximum absolute atomic E-state index is 12.0. The maximum atomic E-state index is 12.0. The molecule has 1 aromatic carbocycles. The lowest BCUT2D eigenvalue weighted by molar-refractivity contribution is -0.121. The lowest BCUT2D eigenvalue weighted by Gasteiger charge is -2.10. The average Bonchev–Trinajstić information content (AvgIpc) is 2.98. The van der Waals surface area contributed by atoms with Gasteiger partial charge < -0.3 is 24.3 Å². The number of carboxylic acid groups (broad SMARTS) is 1. The van der Waals surface area contributed by atoms with Gasteiger partial charge in [-0.2, -0.15) is 0 Å². The van der Waals surface area contributed by atoms with Crippen molar-refractivity contribution in [2.75, 3.05) is 14.2 Å². The normalized spacial score (nSPS) is 10.4. The van der Waals surface area contributed by atoms with E-state index in [-0.39, 0.29) is 24.4 Å². The van der Waals surface area contributed by atoms with Gasteiger partial charge in [0.1, 0.15) is 28.6 Å². The number of benzene rings is 1. The molecule has 0 bridgehead atoms. The minimum absolute atomic E-state index is 0.102. The van der Waals surface area contributed by atoms with Gasteiger partial charge in [0, 0.05) is 6.42 Å². The molecule has 0 radical (unpaired) electrons. The zero-order valence-electron chi connectivity index (χ0n) is 14.4. The topological polar surface area (TPSA) is 98.0 Å². The molecule has 2 N–H and O–H groups in total. The minimum Gasteiger partial charge on any atom is -0.497 e. The Morgan fingerprint density at radius 1 is 1.20 bits per heavy atom. The Morgan fingerprint density at radius 2 is 1.96 bits per heavy atom. The second-order valence-electron chi connectivity index (χ2n) is 5.44. The van der Waals surface area contributed by atoms with E-state index in [2.05, 4.69) is 5.32 Å². The Balaban J connectivity index is 1.91. The smallest absolute Gasteiger partial charge is 0.339 e. The fourth-order valence-electron chi connectivity index (χ4n) is 2.44. The van der Waals surface area contributed by atoms with Crippen molar-refractivity contribution < 1.29 is 28.6 Å². The number of rotatable bonds is 8. The molecule has 25 heavy (non-hydrogen) atoms. The van der Waals surface area contributed by atoms with Crippen molar-refractivity contribution in [2.45, 2.75) is 26.3 Å². The van der Waals surface area contributed by atoms with Crippen molar-refractivity contribution in [1.29, 1.82) is 0 Å². The number of carbonyl (C=O) groups excluding carboxylic acids is 1. The summed E-state index contributed by atoms with van der Waals surface area (Å²) in [5, 5.41) is 11.7. The SMILES string of the molecule is COc1ccc(OC)c(CCC(=O)NCc2cc(C(=O)O)c(C)o2)c1. The van der Waals surface area contributed by atoms with E-state index in [0.717, 1.165) is 5.56 Å². The van der Waals surface area contributed by atoms with Crippen molar-refractivity contribution in [1.82, 2.24) is 5.32 Å². The molecule has 0 aliphatic carbocycles. The van der Waals surface area contributed by atoms with Gasteiger partial charge in [0.05, 0.1) is 20.8 Å². The number of hydrogen-bond donors (Lipinski definition) is 2. The predicted molar refractivity (Wildman–Crippen MR) is 90.1 cm³/mol. The molecule has 1 aromatic heterocycles. The number of methoxy groups -OCH3 is 2. The van der Waals surface area contributed by atoms with Gasteiger partial charge in [0.2, 0.25) is 5.91 Å². The van der Waals surface area contributed by atoms with E-state index < -0.39 is 5.97 Å². The molecule has 0 atom stereocenters. The highest BCUT2D eigenvalue weighted by Crippen LogP contribution is 2.25. The highest BCUT2D eigenvalue weighted by atomic mass is 16.5. The summed E-state index contributed by atoms with van der Waals surface area (Å²) in [5.41, 5.74) is 0.976. The van der Waals surface area contributed by atoms with Crippen LogP contribution < -0.4 is 14.8 Å². The Morgan fingerprint density at radius 3 is 2.56 bits per heavy atom. The van der Waals surface area contributed by atoms with Crippen molar-refractivity contribution in [3.05, 3.63) is 46.9 Å². The quantitative estimate of drug-likeness (QED) is 0.761. The minimum atomic E-state index is -1.05. The van der Waals surface area contributed by atoms with E-state index >= 15 is 0 Å². The van der Waals surface area contributed by atoms with Gasteiger partial charge in [-0.1, -0.05) is 0 Å². The van der Waals surface area contributed by atoms with Crippen LogP contribution in [0.15, 0.2) is 28.7 Å². The molecule has 0 aliphatic rings. The number of aromatic carboxylic acids is 1. The third kappa shape index (κ3) is 4.76. The summed E-state index contributed by atoms with van der Waals surface area (Å²) in [7, 11) is 3.15. The highest BCUT2D eigenvalue weighted by Gasteiger charge is 2.14. The van der Waals surface area contributed by atoms with E-state index in [1.165, 1.54) is 6.07 Å². The maximum Gasteiger partial charge on any atom is 0.339 e. The number of aryl methyl sites for hydroxylation is 2. The first-order valence-electron chi connectivity index (χ1n) is 7.74. The van der Waals surface area contributed by atoms with Crippen molar-refractivity contribution >= 4 is 11.9 Å². The van der Waals surface area contributed by atoms with Crippen LogP contribution in [0.3, 0.4) is 0 Å². The summed E-state index contributed by atoms with van der Waals surface area (Å²) in [4.78, 5) is 23.0. The van der Waals surface area contributed by atoms with Gasteiger partial charge in [-0.25, -0.2) is 4.79 Å². The van der Waals surface area contributed by atoms with E-state index in [9.17, 15) is 9.59 Å². The Labute approximate surface area is 145 Å². The Hall–Kier alpha value is -2.96. The molecule has 2 aromatic rings. The second-order valence-corrected chi connectivity index (χ2v) is 5.44. The molecule has 0 unspecified atom stereocenters. The van der Waals surface area contributed by atoms with Crippen LogP contribution >= 0.6 is 0 Å². The summed E-state index contributed by atoms with van der Waals surface area (Å²) in [6, 6.07) is 6.84. The van der Waals surface area contributed by atoms with Crippen LogP contribution in [0, 0.1) is 6.92 Å². The largest absolute Gasteiger partial charge is 0.497 e. The molecule has 7 heteroatoms. The molecule has 0 saturated carbocycles. The van der Waals surface area contributed by atoms with Crippen LogP contribution in [0.5, 0.6) is 11.5 Å². The van der Waals surface area contributed by atoms with Crippen LogP contribution in [-0.2, 0) is 17.8 Å². The first-order chi connectivity index (χ1) is 11.9. The monoisotopic (exact) mass is 347 g/mol. The van der Waals surface area contributed by atoms with Gasteiger partial charge in [0.15, 0.2) is 0 Å². The summed E-state index contributed by atoms with van der Waals surface area (Å²) in [5.74, 6) is 0.893. The fourth-order valence-corrected chi connectivity index (χ4v) is 2.44. The summed E-state index contributed by atoms with van der Waals surface area (Å²) < 4.78 is 15.8. The zero-order valence-corrected chi connectivity index (χ0v) is 14.4. The molecule has 7 nitrogen and oxygen atoms in total. The van der Waals surface area contributed by atoms with Gasteiger partial charge in [-0.3, -0.25) is 4.79 Å². The number of ether oxygens (including phenoxy) is 2. The first-order valence-corrected chi connectivity index (χ1v) is 7.74. The summed E-state index contributed by atoms with van der Waals surface area (Å²) in [6.07, 6.45) is 0.749. The molecule has 0 saturated heterocycles. The van der Waals surface area contributed by atoms with E-state index in [4.69, 9.17) is 19.0 Å². The van der Waals surface area contributed by atoms with Crippen LogP contribution in [0.1, 0.15) is 33.9 Å².